The van der Waals surface area contributed by atoms with E-state index < -0.39 is 5.82 Å². The van der Waals surface area contributed by atoms with E-state index in [1.807, 2.05) is 0 Å². The highest BCUT2D eigenvalue weighted by Crippen LogP contribution is 2.25. The summed E-state index contributed by atoms with van der Waals surface area (Å²) in [5.41, 5.74) is 0.996. The lowest BCUT2D eigenvalue weighted by Crippen LogP contribution is -2.18. The van der Waals surface area contributed by atoms with Gasteiger partial charge in [0.25, 0.3) is 0 Å². The van der Waals surface area contributed by atoms with Crippen molar-refractivity contribution < 1.29 is 14.0 Å². The number of amides is 2. The van der Waals surface area contributed by atoms with Crippen molar-refractivity contribution in [1.29, 1.82) is 0 Å². The van der Waals surface area contributed by atoms with E-state index in [-0.39, 0.29) is 24.0 Å². The summed E-state index contributed by atoms with van der Waals surface area (Å²) >= 11 is 13.0. The number of benzene rings is 2. The monoisotopic (exact) mass is 493 g/mol. The number of carbonyl (C=O) groups is 2. The third kappa shape index (κ3) is 6.56. The van der Waals surface area contributed by atoms with Crippen LogP contribution in [0.25, 0.3) is 0 Å². The predicted molar refractivity (Wildman–Crippen MR) is 125 cm³/mol. The molecule has 0 unspecified atom stereocenters. The van der Waals surface area contributed by atoms with Crippen LogP contribution in [0.4, 0.5) is 15.8 Å². The van der Waals surface area contributed by atoms with Crippen LogP contribution >= 0.6 is 35.0 Å². The highest BCUT2D eigenvalue weighted by Gasteiger charge is 2.16. The molecule has 11 heteroatoms. The Morgan fingerprint density at radius 3 is 2.41 bits per heavy atom. The van der Waals surface area contributed by atoms with Gasteiger partial charge in [0.15, 0.2) is 5.16 Å². The number of thioether (sulfide) groups is 1. The number of anilines is 2. The Morgan fingerprint density at radius 1 is 1.03 bits per heavy atom. The van der Waals surface area contributed by atoms with Crippen LogP contribution in [0, 0.1) is 5.82 Å². The first-order valence-corrected chi connectivity index (χ1v) is 11.1. The van der Waals surface area contributed by atoms with E-state index in [2.05, 4.69) is 27.4 Å². The molecule has 1 aromatic heterocycles. The predicted octanol–water partition coefficient (Wildman–Crippen LogP) is 4.82. The molecule has 0 bridgehead atoms. The number of rotatable bonds is 9. The van der Waals surface area contributed by atoms with Gasteiger partial charge in [-0.25, -0.2) is 4.39 Å². The Balaban J connectivity index is 1.61. The van der Waals surface area contributed by atoms with Crippen molar-refractivity contribution >= 4 is 58.2 Å². The average molecular weight is 494 g/mol. The lowest BCUT2D eigenvalue weighted by molar-refractivity contribution is -0.116. The number of nitrogens with zero attached hydrogens (tertiary/aromatic N) is 3. The van der Waals surface area contributed by atoms with Gasteiger partial charge in [-0.2, -0.15) is 0 Å². The fraction of sp³-hybridized carbons (Fsp3) is 0.143. The molecule has 1 heterocycles. The molecule has 0 aliphatic heterocycles. The van der Waals surface area contributed by atoms with Crippen LogP contribution in [0.5, 0.6) is 0 Å². The molecule has 3 rings (SSSR count). The number of allylic oxidation sites excluding steroid dienone is 1. The van der Waals surface area contributed by atoms with Gasteiger partial charge < -0.3 is 15.2 Å². The fourth-order valence-electron chi connectivity index (χ4n) is 2.65. The molecule has 0 saturated carbocycles. The molecule has 0 fully saturated rings. The number of halogens is 3. The van der Waals surface area contributed by atoms with Crippen molar-refractivity contribution in [2.45, 2.75) is 18.1 Å². The standard InChI is InChI=1S/C21H18Cl2FN5O2S/c1-2-9-29-18(11-19(30)25-14-5-3-13(24)4-6-14)27-28-21(29)32-12-20(31)26-15-7-8-16(22)17(23)10-15/h2-8,10H,1,9,11-12H2,(H,25,30)(H,26,31). The van der Waals surface area contributed by atoms with Gasteiger partial charge in [0.05, 0.1) is 22.2 Å². The molecule has 0 spiro atoms. The second kappa shape index (κ2) is 11.1. The molecule has 2 amide bonds. The molecule has 0 saturated heterocycles. The number of hydrogen-bond acceptors (Lipinski definition) is 5. The number of aromatic nitrogens is 3. The molecular formula is C21H18Cl2FN5O2S. The first-order valence-electron chi connectivity index (χ1n) is 9.32. The van der Waals surface area contributed by atoms with Gasteiger partial charge in [-0.3, -0.25) is 9.59 Å². The molecule has 0 aliphatic carbocycles. The number of carbonyl (C=O) groups excluding carboxylic acids is 2. The van der Waals surface area contributed by atoms with Gasteiger partial charge in [-0.15, -0.1) is 16.8 Å². The van der Waals surface area contributed by atoms with E-state index in [4.69, 9.17) is 23.2 Å². The van der Waals surface area contributed by atoms with E-state index in [1.165, 1.54) is 36.0 Å². The first-order chi connectivity index (χ1) is 15.4. The highest BCUT2D eigenvalue weighted by molar-refractivity contribution is 7.99. The second-order valence-electron chi connectivity index (χ2n) is 6.50. The van der Waals surface area contributed by atoms with Gasteiger partial charge in [0.1, 0.15) is 11.6 Å². The zero-order chi connectivity index (χ0) is 23.1. The lowest BCUT2D eigenvalue weighted by atomic mass is 10.3. The Bertz CT molecular complexity index is 1140. The Hall–Kier alpha value is -2.88. The minimum atomic E-state index is -0.390. The first kappa shape index (κ1) is 23.8. The van der Waals surface area contributed by atoms with Crippen molar-refractivity contribution in [3.63, 3.8) is 0 Å². The summed E-state index contributed by atoms with van der Waals surface area (Å²) in [6, 6.07) is 10.3. The van der Waals surface area contributed by atoms with Crippen LogP contribution in [0.1, 0.15) is 5.82 Å². The normalized spacial score (nSPS) is 10.6. The molecule has 3 aromatic rings. The van der Waals surface area contributed by atoms with Crippen LogP contribution < -0.4 is 10.6 Å². The summed E-state index contributed by atoms with van der Waals surface area (Å²) in [4.78, 5) is 24.6. The van der Waals surface area contributed by atoms with Crippen LogP contribution in [-0.4, -0.2) is 32.3 Å². The number of hydrogen-bond donors (Lipinski definition) is 2. The van der Waals surface area contributed by atoms with Crippen molar-refractivity contribution in [3.8, 4) is 0 Å². The molecule has 2 aromatic carbocycles. The van der Waals surface area contributed by atoms with E-state index in [9.17, 15) is 14.0 Å². The maximum absolute atomic E-state index is 13.0. The molecule has 0 radical (unpaired) electrons. The van der Waals surface area contributed by atoms with Gasteiger partial charge in [0, 0.05) is 17.9 Å². The van der Waals surface area contributed by atoms with Crippen molar-refractivity contribution in [3.05, 3.63) is 76.8 Å². The van der Waals surface area contributed by atoms with Crippen LogP contribution in [0.3, 0.4) is 0 Å². The van der Waals surface area contributed by atoms with Crippen molar-refractivity contribution in [2.75, 3.05) is 16.4 Å². The minimum absolute atomic E-state index is 0.0474. The zero-order valence-electron chi connectivity index (χ0n) is 16.6. The Kier molecular flexibility index (Phi) is 8.26. The Labute approximate surface area is 198 Å². The maximum atomic E-state index is 13.0. The minimum Gasteiger partial charge on any atom is -0.326 e. The molecule has 2 N–H and O–H groups in total. The summed E-state index contributed by atoms with van der Waals surface area (Å²) < 4.78 is 14.7. The van der Waals surface area contributed by atoms with E-state index >= 15 is 0 Å². The largest absolute Gasteiger partial charge is 0.326 e. The molecule has 0 aliphatic rings. The quantitative estimate of drug-likeness (QED) is 0.329. The Morgan fingerprint density at radius 2 is 1.72 bits per heavy atom. The summed E-state index contributed by atoms with van der Waals surface area (Å²) in [5, 5.41) is 14.8. The molecule has 7 nitrogen and oxygen atoms in total. The van der Waals surface area contributed by atoms with Gasteiger partial charge in [-0.05, 0) is 42.5 Å². The molecule has 0 atom stereocenters. The van der Waals surface area contributed by atoms with E-state index in [0.717, 1.165) is 0 Å². The summed E-state index contributed by atoms with van der Waals surface area (Å²) in [7, 11) is 0. The van der Waals surface area contributed by atoms with Gasteiger partial charge >= 0.3 is 0 Å². The third-order valence-electron chi connectivity index (χ3n) is 4.09. The number of nitrogens with one attached hydrogen (secondary N) is 2. The lowest BCUT2D eigenvalue weighted by Gasteiger charge is -2.09. The third-order valence-corrected chi connectivity index (χ3v) is 5.79. The van der Waals surface area contributed by atoms with Crippen molar-refractivity contribution in [2.24, 2.45) is 0 Å². The van der Waals surface area contributed by atoms with Crippen molar-refractivity contribution in [1.82, 2.24) is 14.8 Å². The fourth-order valence-corrected chi connectivity index (χ4v) is 3.72. The summed E-state index contributed by atoms with van der Waals surface area (Å²) in [6.07, 6.45) is 1.60. The molecular weight excluding hydrogens is 476 g/mol. The molecule has 166 valence electrons. The summed E-state index contributed by atoms with van der Waals surface area (Å²) in [6.45, 7) is 4.08. The van der Waals surface area contributed by atoms with Crippen LogP contribution in [0.2, 0.25) is 10.0 Å². The zero-order valence-corrected chi connectivity index (χ0v) is 19.0. The van der Waals surface area contributed by atoms with E-state index in [0.29, 0.717) is 38.9 Å². The summed E-state index contributed by atoms with van der Waals surface area (Å²) in [5.74, 6) is -0.507. The smallest absolute Gasteiger partial charge is 0.234 e. The topological polar surface area (TPSA) is 88.9 Å². The van der Waals surface area contributed by atoms with Crippen LogP contribution in [0.15, 0.2) is 60.3 Å². The highest BCUT2D eigenvalue weighted by atomic mass is 35.5. The average Bonchev–Trinajstić information content (AvgIpc) is 3.12. The molecule has 32 heavy (non-hydrogen) atoms. The second-order valence-corrected chi connectivity index (χ2v) is 8.25. The van der Waals surface area contributed by atoms with Gasteiger partial charge in [0.2, 0.25) is 11.8 Å². The van der Waals surface area contributed by atoms with Crippen LogP contribution in [-0.2, 0) is 22.6 Å². The van der Waals surface area contributed by atoms with Gasteiger partial charge in [-0.1, -0.05) is 41.0 Å². The van der Waals surface area contributed by atoms with E-state index in [1.54, 1.807) is 28.8 Å². The SMILES string of the molecule is C=CCn1c(CC(=O)Nc2ccc(F)cc2)nnc1SCC(=O)Nc1ccc(Cl)c(Cl)c1. The maximum Gasteiger partial charge on any atom is 0.234 e.